The van der Waals surface area contributed by atoms with Crippen molar-refractivity contribution in [3.63, 3.8) is 0 Å². The summed E-state index contributed by atoms with van der Waals surface area (Å²) < 4.78 is 8.06. The van der Waals surface area contributed by atoms with Gasteiger partial charge >= 0.3 is 5.69 Å². The third-order valence-corrected chi connectivity index (χ3v) is 6.61. The van der Waals surface area contributed by atoms with Crippen molar-refractivity contribution in [1.29, 1.82) is 0 Å². The molecule has 1 amide bonds. The lowest BCUT2D eigenvalue weighted by Crippen LogP contribution is -2.53. The highest BCUT2D eigenvalue weighted by molar-refractivity contribution is 5.80. The Morgan fingerprint density at radius 3 is 2.41 bits per heavy atom. The van der Waals surface area contributed by atoms with Crippen LogP contribution in [0.25, 0.3) is 0 Å². The number of piperazine rings is 1. The predicted molar refractivity (Wildman–Crippen MR) is 124 cm³/mol. The molecular weight excluding hydrogens is 410 g/mol. The average Bonchev–Trinajstić information content (AvgIpc) is 2.84. The van der Waals surface area contributed by atoms with Gasteiger partial charge in [0.1, 0.15) is 11.6 Å². The summed E-state index contributed by atoms with van der Waals surface area (Å²) in [5.74, 6) is 1.44. The molecule has 0 saturated carbocycles. The molecule has 0 bridgehead atoms. The quantitative estimate of drug-likeness (QED) is 0.694. The molecule has 1 aromatic carbocycles. The number of methoxy groups -OCH3 is 1. The molecule has 2 aliphatic heterocycles. The van der Waals surface area contributed by atoms with Gasteiger partial charge < -0.3 is 19.4 Å². The summed E-state index contributed by atoms with van der Waals surface area (Å²) in [5, 5.41) is 0. The lowest BCUT2D eigenvalue weighted by molar-refractivity contribution is -0.136. The largest absolute Gasteiger partial charge is 0.495 e. The minimum atomic E-state index is -0.353. The molecule has 2 fully saturated rings. The van der Waals surface area contributed by atoms with Crippen LogP contribution in [0.15, 0.2) is 39.9 Å². The Balaban J connectivity index is 1.42. The van der Waals surface area contributed by atoms with Gasteiger partial charge in [-0.3, -0.25) is 18.7 Å². The fourth-order valence-electron chi connectivity index (χ4n) is 4.73. The Bertz CT molecular complexity index is 1100. The van der Waals surface area contributed by atoms with Crippen LogP contribution in [0.2, 0.25) is 0 Å². The van der Waals surface area contributed by atoms with Crippen LogP contribution in [-0.2, 0) is 18.9 Å². The molecule has 1 aromatic heterocycles. The van der Waals surface area contributed by atoms with E-state index >= 15 is 0 Å². The van der Waals surface area contributed by atoms with Crippen LogP contribution in [0.4, 0.5) is 11.5 Å². The topological polar surface area (TPSA) is 80.0 Å². The number of aromatic nitrogens is 2. The van der Waals surface area contributed by atoms with Crippen molar-refractivity contribution >= 4 is 17.4 Å². The summed E-state index contributed by atoms with van der Waals surface area (Å²) in [5.41, 5.74) is 0.370. The second-order valence-electron chi connectivity index (χ2n) is 8.51. The van der Waals surface area contributed by atoms with Crippen LogP contribution < -0.4 is 25.8 Å². The highest BCUT2D eigenvalue weighted by Gasteiger charge is 2.32. The first-order valence-electron chi connectivity index (χ1n) is 11.1. The summed E-state index contributed by atoms with van der Waals surface area (Å²) in [6, 6.07) is 9.43. The Morgan fingerprint density at radius 1 is 0.969 bits per heavy atom. The number of amides is 1. The maximum absolute atomic E-state index is 13.3. The Labute approximate surface area is 187 Å². The van der Waals surface area contributed by atoms with Crippen LogP contribution in [0.3, 0.4) is 0 Å². The van der Waals surface area contributed by atoms with Gasteiger partial charge in [0, 0.05) is 59.4 Å². The van der Waals surface area contributed by atoms with E-state index in [-0.39, 0.29) is 23.1 Å². The average molecular weight is 442 g/mol. The third kappa shape index (κ3) is 4.11. The van der Waals surface area contributed by atoms with E-state index < -0.39 is 0 Å². The molecular formula is C23H31N5O4. The predicted octanol–water partition coefficient (Wildman–Crippen LogP) is 0.658. The van der Waals surface area contributed by atoms with Crippen LogP contribution >= 0.6 is 0 Å². The van der Waals surface area contributed by atoms with E-state index in [0.717, 1.165) is 48.5 Å². The van der Waals surface area contributed by atoms with Crippen LogP contribution in [0.1, 0.15) is 12.8 Å². The Kier molecular flexibility index (Phi) is 6.25. The van der Waals surface area contributed by atoms with Crippen molar-refractivity contribution in [2.75, 3.05) is 56.2 Å². The maximum atomic E-state index is 13.3. The molecule has 2 saturated heterocycles. The SMILES string of the molecule is COc1ccccc1N1CCN(C(=O)C2CCCN(c3cc(=O)n(C)c(=O)n3C)C2)CC1. The maximum Gasteiger partial charge on any atom is 0.332 e. The van der Waals surface area contributed by atoms with Gasteiger partial charge in [-0.15, -0.1) is 0 Å². The third-order valence-electron chi connectivity index (χ3n) is 6.61. The number of ether oxygens (including phenoxy) is 1. The summed E-state index contributed by atoms with van der Waals surface area (Å²) in [7, 11) is 4.81. The second kappa shape index (κ2) is 9.10. The Morgan fingerprint density at radius 2 is 1.69 bits per heavy atom. The zero-order valence-corrected chi connectivity index (χ0v) is 19.0. The molecule has 172 valence electrons. The molecule has 0 radical (unpaired) electrons. The highest BCUT2D eigenvalue weighted by Crippen LogP contribution is 2.29. The van der Waals surface area contributed by atoms with Crippen LogP contribution in [-0.4, -0.2) is 66.3 Å². The Hall–Kier alpha value is -3.23. The zero-order valence-electron chi connectivity index (χ0n) is 19.0. The number of carbonyl (C=O) groups excluding carboxylic acids is 1. The first kappa shape index (κ1) is 22.0. The van der Waals surface area contributed by atoms with Crippen molar-refractivity contribution in [2.45, 2.75) is 12.8 Å². The smallest absolute Gasteiger partial charge is 0.332 e. The van der Waals surface area contributed by atoms with E-state index in [9.17, 15) is 14.4 Å². The molecule has 2 aromatic rings. The minimum Gasteiger partial charge on any atom is -0.495 e. The molecule has 4 rings (SSSR count). The number of piperidine rings is 1. The van der Waals surface area contributed by atoms with Gasteiger partial charge in [0.2, 0.25) is 5.91 Å². The van der Waals surface area contributed by atoms with Gasteiger partial charge in [0.15, 0.2) is 0 Å². The van der Waals surface area contributed by atoms with E-state index in [4.69, 9.17) is 4.74 Å². The second-order valence-corrected chi connectivity index (χ2v) is 8.51. The van der Waals surface area contributed by atoms with E-state index in [1.54, 1.807) is 14.2 Å². The fraction of sp³-hybridized carbons (Fsp3) is 0.522. The van der Waals surface area contributed by atoms with E-state index in [1.807, 2.05) is 34.1 Å². The fourth-order valence-corrected chi connectivity index (χ4v) is 4.73. The number of nitrogens with zero attached hydrogens (tertiary/aromatic N) is 5. The van der Waals surface area contributed by atoms with Crippen molar-refractivity contribution in [3.05, 3.63) is 51.2 Å². The molecule has 0 N–H and O–H groups in total. The zero-order chi connectivity index (χ0) is 22.8. The van der Waals surface area contributed by atoms with Gasteiger partial charge in [0.25, 0.3) is 5.56 Å². The molecule has 3 heterocycles. The number of hydrogen-bond donors (Lipinski definition) is 0. The van der Waals surface area contributed by atoms with Crippen molar-refractivity contribution in [1.82, 2.24) is 14.0 Å². The number of hydrogen-bond acceptors (Lipinski definition) is 6. The van der Waals surface area contributed by atoms with Crippen molar-refractivity contribution in [2.24, 2.45) is 20.0 Å². The highest BCUT2D eigenvalue weighted by atomic mass is 16.5. The molecule has 0 aliphatic carbocycles. The number of carbonyl (C=O) groups is 1. The molecule has 0 spiro atoms. The van der Waals surface area contributed by atoms with Crippen molar-refractivity contribution < 1.29 is 9.53 Å². The van der Waals surface area contributed by atoms with Gasteiger partial charge in [-0.25, -0.2) is 4.79 Å². The van der Waals surface area contributed by atoms with Crippen LogP contribution in [0, 0.1) is 5.92 Å². The molecule has 32 heavy (non-hydrogen) atoms. The normalized spacial score (nSPS) is 19.2. The molecule has 1 unspecified atom stereocenters. The molecule has 1 atom stereocenters. The summed E-state index contributed by atoms with van der Waals surface area (Å²) in [6.07, 6.45) is 1.67. The first-order valence-corrected chi connectivity index (χ1v) is 11.1. The molecule has 9 nitrogen and oxygen atoms in total. The van der Waals surface area contributed by atoms with Gasteiger partial charge in [0.05, 0.1) is 18.7 Å². The summed E-state index contributed by atoms with van der Waals surface area (Å²) >= 11 is 0. The van der Waals surface area contributed by atoms with Crippen molar-refractivity contribution in [3.8, 4) is 5.75 Å². The van der Waals surface area contributed by atoms with E-state index in [2.05, 4.69) is 4.90 Å². The molecule has 2 aliphatic rings. The number of benzene rings is 1. The monoisotopic (exact) mass is 441 g/mol. The van der Waals surface area contributed by atoms with E-state index in [0.29, 0.717) is 25.5 Å². The lowest BCUT2D eigenvalue weighted by atomic mass is 9.96. The standard InChI is InChI=1S/C23H31N5O4/c1-24-20(15-21(29)25(2)23(24)31)28-10-6-7-17(16-28)22(30)27-13-11-26(12-14-27)18-8-4-5-9-19(18)32-3/h4-5,8-9,15,17H,6-7,10-14,16H2,1-3H3. The van der Waals surface area contributed by atoms with Gasteiger partial charge in [-0.1, -0.05) is 12.1 Å². The lowest BCUT2D eigenvalue weighted by Gasteiger charge is -2.40. The van der Waals surface area contributed by atoms with Gasteiger partial charge in [-0.05, 0) is 25.0 Å². The first-order chi connectivity index (χ1) is 15.4. The van der Waals surface area contributed by atoms with E-state index in [1.165, 1.54) is 17.7 Å². The minimum absolute atomic E-state index is 0.138. The number of anilines is 2. The summed E-state index contributed by atoms with van der Waals surface area (Å²) in [6.45, 7) is 4.09. The molecule has 9 heteroatoms. The van der Waals surface area contributed by atoms with Crippen LogP contribution in [0.5, 0.6) is 5.75 Å². The summed E-state index contributed by atoms with van der Waals surface area (Å²) in [4.78, 5) is 44.0. The van der Waals surface area contributed by atoms with Gasteiger partial charge in [-0.2, -0.15) is 0 Å². The number of para-hydroxylation sites is 2. The number of rotatable bonds is 4.